The third-order valence-corrected chi connectivity index (χ3v) is 6.34. The van der Waals surface area contributed by atoms with Crippen LogP contribution in [0.1, 0.15) is 30.4 Å². The number of rotatable bonds is 1. The lowest BCUT2D eigenvalue weighted by Crippen LogP contribution is -2.51. The fourth-order valence-electron chi connectivity index (χ4n) is 5.28. The molecule has 4 nitrogen and oxygen atoms in total. The molecule has 1 aromatic carbocycles. The zero-order valence-corrected chi connectivity index (χ0v) is 13.7. The van der Waals surface area contributed by atoms with Crippen LogP contribution in [-0.2, 0) is 20.4 Å². The van der Waals surface area contributed by atoms with Crippen LogP contribution in [0.2, 0.25) is 0 Å². The van der Waals surface area contributed by atoms with Gasteiger partial charge in [0.25, 0.3) is 0 Å². The highest BCUT2D eigenvalue weighted by molar-refractivity contribution is 5.99. The maximum Gasteiger partial charge on any atom is 0.416 e. The predicted molar refractivity (Wildman–Crippen MR) is 81.8 cm³/mol. The molecule has 0 aliphatic carbocycles. The number of halogens is 3. The van der Waals surface area contributed by atoms with Crippen molar-refractivity contribution in [3.63, 3.8) is 0 Å². The predicted octanol–water partition coefficient (Wildman–Crippen LogP) is 3.27. The van der Waals surface area contributed by atoms with Crippen molar-refractivity contribution in [1.29, 1.82) is 0 Å². The highest BCUT2D eigenvalue weighted by Gasteiger charge is 2.70. The molecule has 5 atom stereocenters. The number of anilines is 1. The quantitative estimate of drug-likeness (QED) is 0.778. The van der Waals surface area contributed by atoms with Crippen LogP contribution in [0, 0.1) is 18.8 Å². The van der Waals surface area contributed by atoms with Gasteiger partial charge in [0.05, 0.1) is 29.8 Å². The zero-order chi connectivity index (χ0) is 17.6. The first-order chi connectivity index (χ1) is 11.8. The molecule has 4 fully saturated rings. The number of hydrogen-bond donors (Lipinski definition) is 0. The van der Waals surface area contributed by atoms with Crippen molar-refractivity contribution < 1.29 is 27.4 Å². The summed E-state index contributed by atoms with van der Waals surface area (Å²) in [7, 11) is 0. The smallest absolute Gasteiger partial charge is 0.370 e. The Morgan fingerprint density at radius 3 is 2.84 bits per heavy atom. The van der Waals surface area contributed by atoms with E-state index in [1.807, 2.05) is 0 Å². The maximum absolute atomic E-state index is 13.3. The highest BCUT2D eigenvalue weighted by atomic mass is 19.4. The van der Waals surface area contributed by atoms with Crippen molar-refractivity contribution in [3.8, 4) is 0 Å². The average Bonchev–Trinajstić information content (AvgIpc) is 3.19. The number of alkyl halides is 3. The van der Waals surface area contributed by atoms with Gasteiger partial charge in [0.15, 0.2) is 0 Å². The lowest BCUT2D eigenvalue weighted by atomic mass is 9.70. The molecular formula is C18H18F3NO3. The minimum absolute atomic E-state index is 0.0804. The van der Waals surface area contributed by atoms with Gasteiger partial charge in [-0.2, -0.15) is 13.2 Å². The van der Waals surface area contributed by atoms with Gasteiger partial charge in [-0.25, -0.2) is 0 Å². The Morgan fingerprint density at radius 2 is 2.08 bits per heavy atom. The molecule has 7 heteroatoms. The first kappa shape index (κ1) is 15.6. The van der Waals surface area contributed by atoms with E-state index in [1.165, 1.54) is 17.9 Å². The molecule has 4 heterocycles. The van der Waals surface area contributed by atoms with E-state index in [2.05, 4.69) is 0 Å². The van der Waals surface area contributed by atoms with Crippen molar-refractivity contribution in [3.05, 3.63) is 29.3 Å². The van der Waals surface area contributed by atoms with Gasteiger partial charge >= 0.3 is 6.18 Å². The van der Waals surface area contributed by atoms with E-state index in [0.717, 1.165) is 25.3 Å². The summed E-state index contributed by atoms with van der Waals surface area (Å²) in [5, 5.41) is 0. The van der Waals surface area contributed by atoms with Gasteiger partial charge in [-0.15, -0.1) is 0 Å². The fraction of sp³-hybridized carbons (Fsp3) is 0.611. The molecule has 0 unspecified atom stereocenters. The van der Waals surface area contributed by atoms with Crippen LogP contribution in [-0.4, -0.2) is 30.4 Å². The zero-order valence-electron chi connectivity index (χ0n) is 13.7. The van der Waals surface area contributed by atoms with Crippen LogP contribution in [0.3, 0.4) is 0 Å². The summed E-state index contributed by atoms with van der Waals surface area (Å²) < 4.78 is 51.8. The van der Waals surface area contributed by atoms with Crippen molar-refractivity contribution in [2.75, 3.05) is 11.5 Å². The lowest BCUT2D eigenvalue weighted by Gasteiger charge is -2.41. The van der Waals surface area contributed by atoms with Crippen LogP contribution in [0.25, 0.3) is 0 Å². The number of benzene rings is 1. The molecule has 1 aromatic rings. The van der Waals surface area contributed by atoms with E-state index >= 15 is 0 Å². The molecule has 134 valence electrons. The van der Waals surface area contributed by atoms with Crippen LogP contribution >= 0.6 is 0 Å². The van der Waals surface area contributed by atoms with Crippen molar-refractivity contribution >= 4 is 11.6 Å². The molecule has 5 rings (SSSR count). The summed E-state index contributed by atoms with van der Waals surface area (Å²) in [5.74, 6) is -0.543. The summed E-state index contributed by atoms with van der Waals surface area (Å²) in [6.07, 6.45) is -2.60. The average molecular weight is 353 g/mol. The topological polar surface area (TPSA) is 38.8 Å². The number of amides is 1. The minimum Gasteiger partial charge on any atom is -0.370 e. The SMILES string of the molecule is Cc1ccc(N2C(=O)[C@H]3[C@H]4[C@@H]2OCC[C@]42CC[C@H]3O2)cc1C(F)(F)F. The molecule has 4 saturated heterocycles. The largest absolute Gasteiger partial charge is 0.416 e. The molecule has 0 aromatic heterocycles. The summed E-state index contributed by atoms with van der Waals surface area (Å²) in [6, 6.07) is 4.07. The molecule has 0 N–H and O–H groups in total. The number of carbonyl (C=O) groups is 1. The molecule has 25 heavy (non-hydrogen) atoms. The Kier molecular flexibility index (Phi) is 2.98. The molecule has 0 radical (unpaired) electrons. The Bertz CT molecular complexity index is 764. The summed E-state index contributed by atoms with van der Waals surface area (Å²) in [6.45, 7) is 1.88. The van der Waals surface area contributed by atoms with Crippen molar-refractivity contribution in [2.24, 2.45) is 11.8 Å². The van der Waals surface area contributed by atoms with Crippen molar-refractivity contribution in [2.45, 2.75) is 50.3 Å². The van der Waals surface area contributed by atoms with Gasteiger partial charge in [0.1, 0.15) is 6.23 Å². The van der Waals surface area contributed by atoms with Crippen LogP contribution < -0.4 is 4.90 Å². The Morgan fingerprint density at radius 1 is 1.28 bits per heavy atom. The lowest BCUT2D eigenvalue weighted by molar-refractivity contribution is -0.138. The van der Waals surface area contributed by atoms with Gasteiger partial charge < -0.3 is 9.47 Å². The van der Waals surface area contributed by atoms with Crippen molar-refractivity contribution in [1.82, 2.24) is 0 Å². The first-order valence-corrected chi connectivity index (χ1v) is 8.62. The highest BCUT2D eigenvalue weighted by Crippen LogP contribution is 2.60. The Labute approximate surface area is 142 Å². The molecule has 4 aliphatic heterocycles. The van der Waals surface area contributed by atoms with Gasteiger partial charge in [0, 0.05) is 18.0 Å². The number of fused-ring (bicyclic) bond motifs is 2. The first-order valence-electron chi connectivity index (χ1n) is 8.62. The number of ether oxygens (including phenoxy) is 2. The van der Waals surface area contributed by atoms with E-state index in [0.29, 0.717) is 6.61 Å². The van der Waals surface area contributed by atoms with Gasteiger partial charge in [0.2, 0.25) is 5.91 Å². The number of aryl methyl sites for hydroxylation is 1. The maximum atomic E-state index is 13.3. The molecule has 4 aliphatic rings. The van der Waals surface area contributed by atoms with Crippen LogP contribution in [0.5, 0.6) is 0 Å². The van der Waals surface area contributed by atoms with Gasteiger partial charge in [-0.3, -0.25) is 9.69 Å². The summed E-state index contributed by atoms with van der Waals surface area (Å²) in [5.41, 5.74) is -0.633. The third-order valence-electron chi connectivity index (χ3n) is 6.34. The van der Waals surface area contributed by atoms with Gasteiger partial charge in [-0.05, 0) is 37.5 Å². The second kappa shape index (κ2) is 4.76. The Balaban J connectivity index is 1.59. The van der Waals surface area contributed by atoms with E-state index in [-0.39, 0.29) is 40.7 Å². The minimum atomic E-state index is -4.45. The third kappa shape index (κ3) is 1.94. The Hall–Kier alpha value is -1.60. The van der Waals surface area contributed by atoms with E-state index in [9.17, 15) is 18.0 Å². The molecule has 1 spiro atoms. The monoisotopic (exact) mass is 353 g/mol. The summed E-state index contributed by atoms with van der Waals surface area (Å²) in [4.78, 5) is 14.5. The van der Waals surface area contributed by atoms with E-state index < -0.39 is 18.0 Å². The van der Waals surface area contributed by atoms with Crippen LogP contribution in [0.15, 0.2) is 18.2 Å². The van der Waals surface area contributed by atoms with Crippen LogP contribution in [0.4, 0.5) is 18.9 Å². The standard InChI is InChI=1S/C18H18F3NO3/c1-9-2-3-10(8-11(9)18(19,20)21)22-15(23)13-12-4-5-17(25-12)6-7-24-16(22)14(13)17/h2-3,8,12-14,16H,4-7H2,1H3/t12-,13-,14+,16+,17-/m1/s1. The number of hydrogen-bond acceptors (Lipinski definition) is 3. The second-order valence-corrected chi connectivity index (χ2v) is 7.53. The second-order valence-electron chi connectivity index (χ2n) is 7.53. The van der Waals surface area contributed by atoms with E-state index in [4.69, 9.17) is 9.47 Å². The number of carbonyl (C=O) groups excluding carboxylic acids is 1. The van der Waals surface area contributed by atoms with E-state index in [1.54, 1.807) is 6.07 Å². The fourth-order valence-corrected chi connectivity index (χ4v) is 5.28. The molecule has 0 saturated carbocycles. The summed E-state index contributed by atoms with van der Waals surface area (Å²) >= 11 is 0. The molecule has 2 bridgehead atoms. The molecule has 1 amide bonds. The molecular weight excluding hydrogens is 335 g/mol. The normalized spacial score (nSPS) is 39.2. The number of nitrogens with zero attached hydrogens (tertiary/aromatic N) is 1. The van der Waals surface area contributed by atoms with Gasteiger partial charge in [-0.1, -0.05) is 6.07 Å².